The van der Waals surface area contributed by atoms with Crippen molar-refractivity contribution in [3.05, 3.63) is 0 Å². The minimum atomic E-state index is -0.0617. The van der Waals surface area contributed by atoms with Crippen LogP contribution in [0.4, 0.5) is 0 Å². The Bertz CT molecular complexity index is 285. The molecule has 0 bridgehead atoms. The molecule has 1 heterocycles. The zero-order valence-electron chi connectivity index (χ0n) is 13.9. The van der Waals surface area contributed by atoms with Crippen LogP contribution < -0.4 is 0 Å². The molecule has 20 heavy (non-hydrogen) atoms. The SMILES string of the molecule is CCCC1CCC(O)C(CN2CC(C)N(C)C(C)C2)C1. The van der Waals surface area contributed by atoms with Gasteiger partial charge in [0, 0.05) is 31.7 Å². The Kier molecular flexibility index (Phi) is 5.88. The molecule has 1 aliphatic heterocycles. The van der Waals surface area contributed by atoms with E-state index in [1.54, 1.807) is 0 Å². The highest BCUT2D eigenvalue weighted by Crippen LogP contribution is 2.33. The maximum absolute atomic E-state index is 10.3. The van der Waals surface area contributed by atoms with Crippen molar-refractivity contribution in [3.8, 4) is 0 Å². The molecular weight excluding hydrogens is 248 g/mol. The highest BCUT2D eigenvalue weighted by atomic mass is 16.3. The van der Waals surface area contributed by atoms with Crippen LogP contribution in [0.15, 0.2) is 0 Å². The lowest BCUT2D eigenvalue weighted by molar-refractivity contribution is -0.00213. The van der Waals surface area contributed by atoms with Crippen LogP contribution >= 0.6 is 0 Å². The van der Waals surface area contributed by atoms with Crippen molar-refractivity contribution in [1.82, 2.24) is 9.80 Å². The molecule has 1 saturated carbocycles. The zero-order chi connectivity index (χ0) is 14.7. The van der Waals surface area contributed by atoms with E-state index in [-0.39, 0.29) is 6.10 Å². The number of piperazine rings is 1. The molecule has 1 N–H and O–H groups in total. The normalized spacial score (nSPS) is 41.0. The average molecular weight is 282 g/mol. The number of aliphatic hydroxyl groups excluding tert-OH is 1. The summed E-state index contributed by atoms with van der Waals surface area (Å²) < 4.78 is 0. The summed E-state index contributed by atoms with van der Waals surface area (Å²) >= 11 is 0. The lowest BCUT2D eigenvalue weighted by atomic mass is 9.77. The van der Waals surface area contributed by atoms with Gasteiger partial charge in [-0.1, -0.05) is 19.8 Å². The molecule has 118 valence electrons. The number of hydrogen-bond acceptors (Lipinski definition) is 3. The van der Waals surface area contributed by atoms with Crippen LogP contribution in [0.3, 0.4) is 0 Å². The second-order valence-corrected chi connectivity index (χ2v) is 7.38. The number of nitrogens with zero attached hydrogens (tertiary/aromatic N) is 2. The highest BCUT2D eigenvalue weighted by Gasteiger charge is 2.33. The number of aliphatic hydroxyl groups is 1. The summed E-state index contributed by atoms with van der Waals surface area (Å²) in [5.41, 5.74) is 0. The van der Waals surface area contributed by atoms with Crippen molar-refractivity contribution in [2.24, 2.45) is 11.8 Å². The summed E-state index contributed by atoms with van der Waals surface area (Å²) in [6.45, 7) is 10.3. The lowest BCUT2D eigenvalue weighted by Gasteiger charge is -2.45. The van der Waals surface area contributed by atoms with Crippen molar-refractivity contribution >= 4 is 0 Å². The van der Waals surface area contributed by atoms with Crippen LogP contribution in [0.1, 0.15) is 52.9 Å². The predicted octanol–water partition coefficient (Wildman–Crippen LogP) is 2.59. The Morgan fingerprint density at radius 3 is 2.35 bits per heavy atom. The van der Waals surface area contributed by atoms with Crippen molar-refractivity contribution in [2.75, 3.05) is 26.7 Å². The van der Waals surface area contributed by atoms with Gasteiger partial charge in [-0.3, -0.25) is 9.80 Å². The second-order valence-electron chi connectivity index (χ2n) is 7.38. The molecule has 1 saturated heterocycles. The number of rotatable bonds is 4. The summed E-state index contributed by atoms with van der Waals surface area (Å²) in [6, 6.07) is 1.26. The summed E-state index contributed by atoms with van der Waals surface area (Å²) in [5.74, 6) is 1.36. The molecule has 3 heteroatoms. The van der Waals surface area contributed by atoms with Crippen LogP contribution in [0.25, 0.3) is 0 Å². The van der Waals surface area contributed by atoms with E-state index in [2.05, 4.69) is 37.6 Å². The maximum Gasteiger partial charge on any atom is 0.0580 e. The van der Waals surface area contributed by atoms with Gasteiger partial charge in [-0.05, 0) is 52.0 Å². The first-order valence-corrected chi connectivity index (χ1v) is 8.63. The largest absolute Gasteiger partial charge is 0.393 e. The summed E-state index contributed by atoms with van der Waals surface area (Å²) in [6.07, 6.45) is 6.07. The molecule has 0 spiro atoms. The topological polar surface area (TPSA) is 26.7 Å². The fourth-order valence-electron chi connectivity index (χ4n) is 4.21. The highest BCUT2D eigenvalue weighted by molar-refractivity contribution is 4.87. The third kappa shape index (κ3) is 3.96. The monoisotopic (exact) mass is 282 g/mol. The van der Waals surface area contributed by atoms with Crippen LogP contribution in [0.2, 0.25) is 0 Å². The van der Waals surface area contributed by atoms with Crippen molar-refractivity contribution < 1.29 is 5.11 Å². The van der Waals surface area contributed by atoms with Crippen molar-refractivity contribution in [2.45, 2.75) is 71.1 Å². The molecule has 0 radical (unpaired) electrons. The number of likely N-dealkylation sites (N-methyl/N-ethyl adjacent to an activating group) is 1. The van der Waals surface area contributed by atoms with Gasteiger partial charge in [0.1, 0.15) is 0 Å². The van der Waals surface area contributed by atoms with Crippen LogP contribution in [-0.4, -0.2) is 59.8 Å². The first-order valence-electron chi connectivity index (χ1n) is 8.63. The van der Waals surface area contributed by atoms with Gasteiger partial charge in [0.25, 0.3) is 0 Å². The van der Waals surface area contributed by atoms with E-state index in [9.17, 15) is 5.11 Å². The van der Waals surface area contributed by atoms with Crippen LogP contribution in [-0.2, 0) is 0 Å². The average Bonchev–Trinajstić information content (AvgIpc) is 2.40. The van der Waals surface area contributed by atoms with E-state index in [0.717, 1.165) is 32.0 Å². The van der Waals surface area contributed by atoms with Crippen molar-refractivity contribution in [1.29, 1.82) is 0 Å². The molecule has 5 unspecified atom stereocenters. The minimum Gasteiger partial charge on any atom is -0.393 e. The van der Waals surface area contributed by atoms with E-state index >= 15 is 0 Å². The van der Waals surface area contributed by atoms with Gasteiger partial charge in [0.05, 0.1) is 6.10 Å². The fraction of sp³-hybridized carbons (Fsp3) is 1.00. The minimum absolute atomic E-state index is 0.0617. The molecule has 2 fully saturated rings. The van der Waals surface area contributed by atoms with Gasteiger partial charge in [-0.15, -0.1) is 0 Å². The Morgan fingerprint density at radius 1 is 1.10 bits per heavy atom. The van der Waals surface area contributed by atoms with Crippen LogP contribution in [0.5, 0.6) is 0 Å². The Morgan fingerprint density at radius 2 is 1.75 bits per heavy atom. The first-order chi connectivity index (χ1) is 9.51. The Labute approximate surface area is 125 Å². The number of hydrogen-bond donors (Lipinski definition) is 1. The standard InChI is InChI=1S/C17H34N2O/c1-5-6-15-7-8-17(20)16(9-15)12-19-10-13(2)18(4)14(3)11-19/h13-17,20H,5-12H2,1-4H3. The van der Waals surface area contributed by atoms with E-state index in [0.29, 0.717) is 18.0 Å². The van der Waals surface area contributed by atoms with E-state index in [4.69, 9.17) is 0 Å². The summed E-state index contributed by atoms with van der Waals surface area (Å²) in [5, 5.41) is 10.3. The van der Waals surface area contributed by atoms with Gasteiger partial charge in [-0.25, -0.2) is 0 Å². The molecule has 0 aromatic rings. The van der Waals surface area contributed by atoms with E-state index < -0.39 is 0 Å². The van der Waals surface area contributed by atoms with E-state index in [1.807, 2.05) is 0 Å². The fourth-order valence-corrected chi connectivity index (χ4v) is 4.21. The molecule has 0 aromatic carbocycles. The third-order valence-electron chi connectivity index (χ3n) is 5.68. The molecule has 5 atom stereocenters. The second kappa shape index (κ2) is 7.24. The quantitative estimate of drug-likeness (QED) is 0.858. The molecule has 1 aliphatic carbocycles. The van der Waals surface area contributed by atoms with Gasteiger partial charge in [-0.2, -0.15) is 0 Å². The molecule has 0 amide bonds. The third-order valence-corrected chi connectivity index (χ3v) is 5.68. The molecule has 0 aromatic heterocycles. The van der Waals surface area contributed by atoms with Crippen LogP contribution in [0, 0.1) is 11.8 Å². The zero-order valence-corrected chi connectivity index (χ0v) is 13.9. The van der Waals surface area contributed by atoms with Gasteiger partial charge in [0.15, 0.2) is 0 Å². The molecular formula is C17H34N2O. The van der Waals surface area contributed by atoms with Crippen molar-refractivity contribution in [3.63, 3.8) is 0 Å². The predicted molar refractivity (Wildman–Crippen MR) is 84.9 cm³/mol. The lowest BCUT2D eigenvalue weighted by Crippen LogP contribution is -2.56. The smallest absolute Gasteiger partial charge is 0.0580 e. The first kappa shape index (κ1) is 16.3. The Balaban J connectivity index is 1.87. The summed E-state index contributed by atoms with van der Waals surface area (Å²) in [7, 11) is 2.24. The van der Waals surface area contributed by atoms with Gasteiger partial charge in [0.2, 0.25) is 0 Å². The maximum atomic E-state index is 10.3. The molecule has 2 rings (SSSR count). The molecule has 3 nitrogen and oxygen atoms in total. The molecule has 2 aliphatic rings. The Hall–Kier alpha value is -0.120. The van der Waals surface area contributed by atoms with Gasteiger partial charge < -0.3 is 5.11 Å². The van der Waals surface area contributed by atoms with Gasteiger partial charge >= 0.3 is 0 Å². The summed E-state index contributed by atoms with van der Waals surface area (Å²) in [4.78, 5) is 5.07. The van der Waals surface area contributed by atoms with E-state index in [1.165, 1.54) is 25.7 Å².